The van der Waals surface area contributed by atoms with Crippen molar-refractivity contribution < 1.29 is 19.1 Å². The Bertz CT molecular complexity index is 833. The van der Waals surface area contributed by atoms with Crippen LogP contribution < -0.4 is 10.6 Å². The van der Waals surface area contributed by atoms with Gasteiger partial charge in [-0.25, -0.2) is 0 Å². The summed E-state index contributed by atoms with van der Waals surface area (Å²) in [5.41, 5.74) is 0.531. The largest absolute Gasteiger partial charge is 0.451 e. The van der Waals surface area contributed by atoms with Crippen LogP contribution in [0, 0.1) is 23.2 Å². The van der Waals surface area contributed by atoms with Crippen molar-refractivity contribution in [1.82, 2.24) is 5.32 Å². The van der Waals surface area contributed by atoms with Gasteiger partial charge in [0.2, 0.25) is 5.91 Å². The first-order valence-corrected chi connectivity index (χ1v) is 11.7. The molecule has 2 amide bonds. The fraction of sp³-hybridized carbons (Fsp3) is 0.609. The lowest BCUT2D eigenvalue weighted by Gasteiger charge is -2.56. The summed E-state index contributed by atoms with van der Waals surface area (Å²) in [7, 11) is 0. The Hall–Kier alpha value is -1.79. The number of hydrogen-bond donors (Lipinski definition) is 2. The van der Waals surface area contributed by atoms with Gasteiger partial charge < -0.3 is 15.4 Å². The van der Waals surface area contributed by atoms with Gasteiger partial charge in [-0.3, -0.25) is 14.4 Å². The Balaban J connectivity index is 1.21. The lowest BCUT2D eigenvalue weighted by atomic mass is 9.49. The van der Waals surface area contributed by atoms with Crippen molar-refractivity contribution >= 4 is 46.7 Å². The van der Waals surface area contributed by atoms with Gasteiger partial charge in [-0.15, -0.1) is 0 Å². The van der Waals surface area contributed by atoms with Crippen molar-refractivity contribution in [1.29, 1.82) is 0 Å². The van der Waals surface area contributed by atoms with E-state index in [9.17, 15) is 14.4 Å². The van der Waals surface area contributed by atoms with Gasteiger partial charge in [-0.1, -0.05) is 23.2 Å². The number of amides is 2. The molecule has 31 heavy (non-hydrogen) atoms. The van der Waals surface area contributed by atoms with Crippen LogP contribution in [-0.4, -0.2) is 30.4 Å². The quantitative estimate of drug-likeness (QED) is 0.575. The number of ether oxygens (including phenoxy) is 1. The van der Waals surface area contributed by atoms with Crippen LogP contribution in [0.1, 0.15) is 51.9 Å². The second-order valence-corrected chi connectivity index (χ2v) is 10.5. The van der Waals surface area contributed by atoms with Gasteiger partial charge in [0.05, 0.1) is 0 Å². The molecule has 4 aliphatic carbocycles. The van der Waals surface area contributed by atoms with Crippen LogP contribution in [0.3, 0.4) is 0 Å². The van der Waals surface area contributed by atoms with Crippen LogP contribution in [0.4, 0.5) is 5.69 Å². The predicted octanol–water partition coefficient (Wildman–Crippen LogP) is 4.59. The van der Waals surface area contributed by atoms with Crippen molar-refractivity contribution in [2.75, 3.05) is 11.9 Å². The van der Waals surface area contributed by atoms with Gasteiger partial charge >= 0.3 is 5.97 Å². The van der Waals surface area contributed by atoms with E-state index in [1.54, 1.807) is 18.2 Å². The molecule has 0 aliphatic heterocycles. The minimum absolute atomic E-state index is 0.107. The number of esters is 1. The molecule has 5 rings (SSSR count). The SMILES string of the molecule is C[C@H](OC(=O)CNC(=O)CC12CC3CC(CC(C3)C1)C2)C(=O)Nc1cc(Cl)cc(Cl)c1. The molecule has 8 heteroatoms. The van der Waals surface area contributed by atoms with E-state index in [-0.39, 0.29) is 17.9 Å². The van der Waals surface area contributed by atoms with E-state index in [2.05, 4.69) is 10.6 Å². The van der Waals surface area contributed by atoms with Crippen molar-refractivity contribution in [2.24, 2.45) is 23.2 Å². The number of halogens is 2. The predicted molar refractivity (Wildman–Crippen MR) is 119 cm³/mol. The summed E-state index contributed by atoms with van der Waals surface area (Å²) >= 11 is 11.8. The molecule has 0 aromatic heterocycles. The Kier molecular flexibility index (Phi) is 6.50. The van der Waals surface area contributed by atoms with E-state index in [1.165, 1.54) is 26.2 Å². The summed E-state index contributed by atoms with van der Waals surface area (Å²) in [6, 6.07) is 4.64. The molecule has 6 nitrogen and oxygen atoms in total. The van der Waals surface area contributed by atoms with Crippen LogP contribution in [0.25, 0.3) is 0 Å². The zero-order valence-electron chi connectivity index (χ0n) is 17.6. The second-order valence-electron chi connectivity index (χ2n) is 9.65. The van der Waals surface area contributed by atoms with Gasteiger partial charge in [0.1, 0.15) is 6.54 Å². The molecule has 1 aromatic rings. The van der Waals surface area contributed by atoms with Gasteiger partial charge in [0.15, 0.2) is 6.10 Å². The first-order chi connectivity index (χ1) is 14.7. The van der Waals surface area contributed by atoms with Crippen molar-refractivity contribution in [3.05, 3.63) is 28.2 Å². The molecule has 0 spiro atoms. The lowest BCUT2D eigenvalue weighted by Crippen LogP contribution is -2.48. The molecule has 4 aliphatic rings. The molecule has 2 N–H and O–H groups in total. The summed E-state index contributed by atoms with van der Waals surface area (Å²) < 4.78 is 5.16. The number of anilines is 1. The van der Waals surface area contributed by atoms with E-state index in [4.69, 9.17) is 27.9 Å². The normalized spacial score (nSPS) is 29.3. The highest BCUT2D eigenvalue weighted by atomic mass is 35.5. The Morgan fingerprint density at radius 3 is 2.13 bits per heavy atom. The molecule has 0 heterocycles. The van der Waals surface area contributed by atoms with E-state index >= 15 is 0 Å². The number of benzene rings is 1. The molecule has 4 fully saturated rings. The van der Waals surface area contributed by atoms with Crippen LogP contribution in [0.5, 0.6) is 0 Å². The minimum Gasteiger partial charge on any atom is -0.451 e. The van der Waals surface area contributed by atoms with E-state index in [1.807, 2.05) is 0 Å². The lowest BCUT2D eigenvalue weighted by molar-refractivity contribution is -0.153. The molecule has 1 atom stereocenters. The van der Waals surface area contributed by atoms with E-state index < -0.39 is 18.0 Å². The smallest absolute Gasteiger partial charge is 0.326 e. The number of hydrogen-bond acceptors (Lipinski definition) is 4. The highest BCUT2D eigenvalue weighted by Gasteiger charge is 2.51. The highest BCUT2D eigenvalue weighted by molar-refractivity contribution is 6.35. The van der Waals surface area contributed by atoms with Gasteiger partial charge in [-0.2, -0.15) is 0 Å². The van der Waals surface area contributed by atoms with E-state index in [0.29, 0.717) is 22.2 Å². The average Bonchev–Trinajstić information content (AvgIpc) is 2.64. The van der Waals surface area contributed by atoms with E-state index in [0.717, 1.165) is 37.0 Å². The summed E-state index contributed by atoms with van der Waals surface area (Å²) in [6.07, 6.45) is 6.86. The molecular formula is C23H28Cl2N2O4. The fourth-order valence-corrected chi connectivity index (χ4v) is 6.77. The molecule has 4 bridgehead atoms. The molecule has 168 valence electrons. The standard InChI is InChI=1S/C23H28Cl2N2O4/c1-13(22(30)27-19-6-17(24)5-18(25)7-19)31-21(29)12-26-20(28)11-23-8-14-2-15(9-23)4-16(3-14)10-23/h5-7,13-16H,2-4,8-12H2,1H3,(H,26,28)(H,27,30)/t13-,14?,15?,16?,23?/m0/s1. The van der Waals surface area contributed by atoms with Crippen molar-refractivity contribution in [2.45, 2.75) is 58.0 Å². The topological polar surface area (TPSA) is 84.5 Å². The summed E-state index contributed by atoms with van der Waals surface area (Å²) in [4.78, 5) is 36.9. The first kappa shape index (κ1) is 22.4. The number of rotatable bonds is 7. The monoisotopic (exact) mass is 466 g/mol. The van der Waals surface area contributed by atoms with Crippen LogP contribution in [0.15, 0.2) is 18.2 Å². The third-order valence-electron chi connectivity index (χ3n) is 6.94. The molecular weight excluding hydrogens is 439 g/mol. The van der Waals surface area contributed by atoms with Crippen LogP contribution >= 0.6 is 23.2 Å². The zero-order valence-corrected chi connectivity index (χ0v) is 19.1. The number of nitrogens with one attached hydrogen (secondary N) is 2. The number of carbonyl (C=O) groups is 3. The average molecular weight is 467 g/mol. The minimum atomic E-state index is -1.02. The second kappa shape index (κ2) is 8.99. The summed E-state index contributed by atoms with van der Waals surface area (Å²) in [6.45, 7) is 1.22. The third-order valence-corrected chi connectivity index (χ3v) is 7.37. The maximum Gasteiger partial charge on any atom is 0.326 e. The first-order valence-electron chi connectivity index (χ1n) is 10.9. The van der Waals surface area contributed by atoms with Gasteiger partial charge in [0.25, 0.3) is 5.91 Å². The van der Waals surface area contributed by atoms with Gasteiger partial charge in [-0.05, 0) is 86.8 Å². The number of carbonyl (C=O) groups excluding carboxylic acids is 3. The van der Waals surface area contributed by atoms with Crippen molar-refractivity contribution in [3.63, 3.8) is 0 Å². The Labute approximate surface area is 192 Å². The van der Waals surface area contributed by atoms with Crippen LogP contribution in [-0.2, 0) is 19.1 Å². The van der Waals surface area contributed by atoms with Crippen LogP contribution in [0.2, 0.25) is 10.0 Å². The van der Waals surface area contributed by atoms with Crippen molar-refractivity contribution in [3.8, 4) is 0 Å². The molecule has 0 saturated heterocycles. The van der Waals surface area contributed by atoms with Gasteiger partial charge in [0, 0.05) is 22.2 Å². The maximum absolute atomic E-state index is 12.5. The molecule has 0 radical (unpaired) electrons. The molecule has 0 unspecified atom stereocenters. The molecule has 4 saturated carbocycles. The maximum atomic E-state index is 12.5. The fourth-order valence-electron chi connectivity index (χ4n) is 6.24. The zero-order chi connectivity index (χ0) is 22.2. The highest BCUT2D eigenvalue weighted by Crippen LogP contribution is 2.61. The molecule has 1 aromatic carbocycles. The summed E-state index contributed by atoms with van der Waals surface area (Å²) in [5, 5.41) is 6.06. The summed E-state index contributed by atoms with van der Waals surface area (Å²) in [5.74, 6) is 1.06. The Morgan fingerprint density at radius 1 is 1.03 bits per heavy atom. The Morgan fingerprint density at radius 2 is 1.58 bits per heavy atom. The third kappa shape index (κ3) is 5.53.